The van der Waals surface area contributed by atoms with Gasteiger partial charge in [-0.2, -0.15) is 0 Å². The fourth-order valence-electron chi connectivity index (χ4n) is 5.86. The first-order chi connectivity index (χ1) is 16.1. The molecule has 176 valence electrons. The lowest BCUT2D eigenvalue weighted by Gasteiger charge is -2.40. The molecule has 0 radical (unpaired) electrons. The number of methoxy groups -OCH3 is 1. The van der Waals surface area contributed by atoms with Crippen molar-refractivity contribution in [2.75, 3.05) is 25.1 Å². The summed E-state index contributed by atoms with van der Waals surface area (Å²) in [7, 11) is 1.67. The van der Waals surface area contributed by atoms with E-state index in [1.54, 1.807) is 7.11 Å². The van der Waals surface area contributed by atoms with Crippen molar-refractivity contribution < 1.29 is 9.53 Å². The monoisotopic (exact) mass is 448 g/mol. The van der Waals surface area contributed by atoms with E-state index in [4.69, 9.17) is 14.7 Å². The van der Waals surface area contributed by atoms with Crippen molar-refractivity contribution in [1.29, 1.82) is 0 Å². The standard InChI is InChI=1S/C27H36N4O2/c1-19-24-14-15-25(32)31(17-20-10-12-23(33-2)13-11-20)27(24)29-26(28-19)21-7-6-16-30(18-21)22-8-4-3-5-9-22/h10-13,21-22H,3-9,14-18H2,1-2H3. The van der Waals surface area contributed by atoms with Gasteiger partial charge in [0.2, 0.25) is 5.91 Å². The number of aromatic nitrogens is 2. The molecule has 1 amide bonds. The summed E-state index contributed by atoms with van der Waals surface area (Å²) in [5.74, 6) is 3.09. The van der Waals surface area contributed by atoms with E-state index in [0.29, 0.717) is 18.9 Å². The fraction of sp³-hybridized carbons (Fsp3) is 0.593. The van der Waals surface area contributed by atoms with E-state index in [9.17, 15) is 4.79 Å². The van der Waals surface area contributed by atoms with E-state index in [1.165, 1.54) is 45.1 Å². The number of aryl methyl sites for hydroxylation is 1. The highest BCUT2D eigenvalue weighted by Crippen LogP contribution is 2.34. The number of ether oxygens (including phenoxy) is 1. The van der Waals surface area contributed by atoms with E-state index < -0.39 is 0 Å². The van der Waals surface area contributed by atoms with Crippen LogP contribution in [0, 0.1) is 6.92 Å². The van der Waals surface area contributed by atoms with Crippen molar-refractivity contribution >= 4 is 11.7 Å². The molecule has 2 aliphatic heterocycles. The molecular weight excluding hydrogens is 412 g/mol. The summed E-state index contributed by atoms with van der Waals surface area (Å²) in [6.07, 6.45) is 10.4. The first-order valence-corrected chi connectivity index (χ1v) is 12.7. The Balaban J connectivity index is 1.40. The number of amides is 1. The molecule has 5 rings (SSSR count). The first kappa shape index (κ1) is 22.3. The van der Waals surface area contributed by atoms with Gasteiger partial charge in [-0.25, -0.2) is 9.97 Å². The second kappa shape index (κ2) is 9.80. The molecule has 33 heavy (non-hydrogen) atoms. The van der Waals surface area contributed by atoms with Gasteiger partial charge >= 0.3 is 0 Å². The third-order valence-corrected chi connectivity index (χ3v) is 7.76. The van der Waals surface area contributed by atoms with E-state index in [2.05, 4.69) is 11.8 Å². The van der Waals surface area contributed by atoms with Gasteiger partial charge in [-0.1, -0.05) is 31.4 Å². The number of rotatable bonds is 5. The summed E-state index contributed by atoms with van der Waals surface area (Å²) in [6, 6.07) is 8.68. The highest BCUT2D eigenvalue weighted by atomic mass is 16.5. The highest BCUT2D eigenvalue weighted by Gasteiger charge is 2.32. The number of hydrogen-bond acceptors (Lipinski definition) is 5. The molecule has 6 heteroatoms. The zero-order valence-corrected chi connectivity index (χ0v) is 20.1. The Morgan fingerprint density at radius 2 is 1.79 bits per heavy atom. The lowest BCUT2D eigenvalue weighted by atomic mass is 9.89. The maximum absolute atomic E-state index is 13.0. The molecule has 0 N–H and O–H groups in total. The van der Waals surface area contributed by atoms with E-state index >= 15 is 0 Å². The van der Waals surface area contributed by atoms with Crippen LogP contribution >= 0.6 is 0 Å². The Hall–Kier alpha value is -2.47. The number of carbonyl (C=O) groups is 1. The number of hydrogen-bond donors (Lipinski definition) is 0. The second-order valence-corrected chi connectivity index (χ2v) is 9.92. The number of carbonyl (C=O) groups excluding carboxylic acids is 1. The number of benzene rings is 1. The molecular formula is C27H36N4O2. The molecule has 1 aromatic heterocycles. The normalized spacial score (nSPS) is 22.3. The lowest BCUT2D eigenvalue weighted by molar-refractivity contribution is -0.119. The molecule has 3 aliphatic rings. The third kappa shape index (κ3) is 4.77. The molecule has 1 saturated heterocycles. The fourth-order valence-corrected chi connectivity index (χ4v) is 5.86. The van der Waals surface area contributed by atoms with Crippen LogP contribution in [0.15, 0.2) is 24.3 Å². The molecule has 0 spiro atoms. The van der Waals surface area contributed by atoms with Crippen LogP contribution in [0.25, 0.3) is 0 Å². The minimum Gasteiger partial charge on any atom is -0.497 e. The molecule has 1 saturated carbocycles. The summed E-state index contributed by atoms with van der Waals surface area (Å²) in [6.45, 7) is 4.88. The third-order valence-electron chi connectivity index (χ3n) is 7.76. The van der Waals surface area contributed by atoms with Crippen LogP contribution in [0.4, 0.5) is 5.82 Å². The van der Waals surface area contributed by atoms with E-state index in [0.717, 1.165) is 59.6 Å². The maximum atomic E-state index is 13.0. The van der Waals surface area contributed by atoms with Crippen LogP contribution in [-0.2, 0) is 17.8 Å². The highest BCUT2D eigenvalue weighted by molar-refractivity contribution is 5.95. The van der Waals surface area contributed by atoms with Crippen LogP contribution in [0.5, 0.6) is 5.75 Å². The predicted molar refractivity (Wildman–Crippen MR) is 130 cm³/mol. The molecule has 6 nitrogen and oxygen atoms in total. The Morgan fingerprint density at radius 1 is 1.00 bits per heavy atom. The van der Waals surface area contributed by atoms with Crippen molar-refractivity contribution in [2.24, 2.45) is 0 Å². The Labute approximate surface area is 197 Å². The molecule has 1 atom stereocenters. The van der Waals surface area contributed by atoms with Crippen LogP contribution < -0.4 is 9.64 Å². The lowest BCUT2D eigenvalue weighted by Crippen LogP contribution is -2.43. The maximum Gasteiger partial charge on any atom is 0.228 e. The Morgan fingerprint density at radius 3 is 2.55 bits per heavy atom. The van der Waals surface area contributed by atoms with Gasteiger partial charge in [-0.3, -0.25) is 14.6 Å². The topological polar surface area (TPSA) is 58.6 Å². The number of likely N-dealkylation sites (tertiary alicyclic amines) is 1. The molecule has 2 aromatic rings. The number of nitrogens with zero attached hydrogens (tertiary/aromatic N) is 4. The van der Waals surface area contributed by atoms with Crippen molar-refractivity contribution in [3.8, 4) is 5.75 Å². The molecule has 1 aliphatic carbocycles. The van der Waals surface area contributed by atoms with Gasteiger partial charge in [0, 0.05) is 36.2 Å². The van der Waals surface area contributed by atoms with Crippen LogP contribution in [0.3, 0.4) is 0 Å². The van der Waals surface area contributed by atoms with Gasteiger partial charge in [0.15, 0.2) is 0 Å². The average Bonchev–Trinajstić information content (AvgIpc) is 2.86. The van der Waals surface area contributed by atoms with E-state index in [-0.39, 0.29) is 5.91 Å². The average molecular weight is 449 g/mol. The zero-order chi connectivity index (χ0) is 22.8. The Bertz CT molecular complexity index is 984. The van der Waals surface area contributed by atoms with Gasteiger partial charge in [0.05, 0.1) is 13.7 Å². The van der Waals surface area contributed by atoms with Crippen molar-refractivity contribution in [3.05, 3.63) is 46.9 Å². The van der Waals surface area contributed by atoms with Crippen LogP contribution in [0.1, 0.15) is 79.9 Å². The van der Waals surface area contributed by atoms with Gasteiger partial charge in [0.25, 0.3) is 0 Å². The van der Waals surface area contributed by atoms with Crippen molar-refractivity contribution in [3.63, 3.8) is 0 Å². The van der Waals surface area contributed by atoms with Gasteiger partial charge in [0.1, 0.15) is 17.4 Å². The van der Waals surface area contributed by atoms with Gasteiger partial charge in [-0.15, -0.1) is 0 Å². The number of anilines is 1. The Kier molecular flexibility index (Phi) is 6.63. The molecule has 1 unspecified atom stereocenters. The minimum atomic E-state index is 0.148. The van der Waals surface area contributed by atoms with Gasteiger partial charge in [-0.05, 0) is 63.3 Å². The quantitative estimate of drug-likeness (QED) is 0.659. The minimum absolute atomic E-state index is 0.148. The van der Waals surface area contributed by atoms with E-state index in [1.807, 2.05) is 29.2 Å². The number of piperidine rings is 1. The summed E-state index contributed by atoms with van der Waals surface area (Å²) in [5, 5.41) is 0. The summed E-state index contributed by atoms with van der Waals surface area (Å²) in [5.41, 5.74) is 3.25. The molecule has 2 fully saturated rings. The summed E-state index contributed by atoms with van der Waals surface area (Å²) in [4.78, 5) is 27.6. The van der Waals surface area contributed by atoms with Crippen LogP contribution in [0.2, 0.25) is 0 Å². The van der Waals surface area contributed by atoms with Crippen LogP contribution in [-0.4, -0.2) is 47.0 Å². The predicted octanol–water partition coefficient (Wildman–Crippen LogP) is 4.79. The molecule has 1 aromatic carbocycles. The summed E-state index contributed by atoms with van der Waals surface area (Å²) >= 11 is 0. The smallest absolute Gasteiger partial charge is 0.228 e. The van der Waals surface area contributed by atoms with Gasteiger partial charge < -0.3 is 4.74 Å². The molecule has 0 bridgehead atoms. The first-order valence-electron chi connectivity index (χ1n) is 12.7. The largest absolute Gasteiger partial charge is 0.497 e. The zero-order valence-electron chi connectivity index (χ0n) is 20.1. The SMILES string of the molecule is COc1ccc(CN2C(=O)CCc3c(C)nc(C4CCCN(C5CCCCC5)C4)nc32)cc1. The van der Waals surface area contributed by atoms with Crippen molar-refractivity contribution in [2.45, 2.75) is 83.2 Å². The second-order valence-electron chi connectivity index (χ2n) is 9.92. The molecule has 3 heterocycles. The van der Waals surface area contributed by atoms with Crippen molar-refractivity contribution in [1.82, 2.24) is 14.9 Å². The number of fused-ring (bicyclic) bond motifs is 1. The summed E-state index contributed by atoms with van der Waals surface area (Å²) < 4.78 is 5.28.